The van der Waals surface area contributed by atoms with Crippen LogP contribution >= 0.6 is 0 Å². The highest BCUT2D eigenvalue weighted by Gasteiger charge is 2.46. The molecule has 1 N–H and O–H groups in total. The first-order valence-corrected chi connectivity index (χ1v) is 10.9. The van der Waals surface area contributed by atoms with Crippen LogP contribution in [-0.2, 0) is 13.2 Å². The van der Waals surface area contributed by atoms with E-state index in [1.165, 1.54) is 4.68 Å². The number of carbonyl (C=O) groups excluding carboxylic acids is 1. The zero-order chi connectivity index (χ0) is 25.4. The third-order valence-electron chi connectivity index (χ3n) is 5.89. The Morgan fingerprint density at radius 1 is 1.17 bits per heavy atom. The maximum atomic E-state index is 14.5. The van der Waals surface area contributed by atoms with Gasteiger partial charge in [-0.25, -0.2) is 18.7 Å². The summed E-state index contributed by atoms with van der Waals surface area (Å²) < 4.78 is 68.7. The third-order valence-corrected chi connectivity index (χ3v) is 5.89. The summed E-state index contributed by atoms with van der Waals surface area (Å²) in [7, 11) is 1.64. The van der Waals surface area contributed by atoms with Crippen molar-refractivity contribution in [3.05, 3.63) is 60.3 Å². The molecule has 0 spiro atoms. The Kier molecular flexibility index (Phi) is 6.48. The minimum Gasteiger partial charge on any atom is -0.367 e. The second kappa shape index (κ2) is 9.23. The maximum absolute atomic E-state index is 14.5. The molecule has 2 atom stereocenters. The molecule has 186 valence electrons. The SMILES string of the molecule is CC1CC(F)(F)CN(C(=O)c2nn(C)cc2-c2ccccc2)C1CNc1cnc(C(F)(F)F)cn1. The number of aryl methyl sites for hydroxylation is 1. The zero-order valence-corrected chi connectivity index (χ0v) is 18.9. The molecule has 2 unspecified atom stereocenters. The molecule has 1 aliphatic heterocycles. The Morgan fingerprint density at radius 3 is 2.51 bits per heavy atom. The molecule has 0 aliphatic carbocycles. The van der Waals surface area contributed by atoms with E-state index in [-0.39, 0.29) is 18.1 Å². The number of hydrogen-bond acceptors (Lipinski definition) is 5. The lowest BCUT2D eigenvalue weighted by atomic mass is 9.88. The molecule has 2 aromatic heterocycles. The lowest BCUT2D eigenvalue weighted by Crippen LogP contribution is -2.57. The molecule has 4 rings (SSSR count). The number of rotatable bonds is 5. The number of amides is 1. The zero-order valence-electron chi connectivity index (χ0n) is 18.9. The van der Waals surface area contributed by atoms with Gasteiger partial charge in [-0.3, -0.25) is 9.48 Å². The summed E-state index contributed by atoms with van der Waals surface area (Å²) in [5, 5.41) is 7.08. The van der Waals surface area contributed by atoms with E-state index in [1.54, 1.807) is 44.4 Å². The third kappa shape index (κ3) is 5.41. The largest absolute Gasteiger partial charge is 0.434 e. The molecule has 0 bridgehead atoms. The van der Waals surface area contributed by atoms with Crippen molar-refractivity contribution < 1.29 is 26.7 Å². The Balaban J connectivity index is 1.60. The van der Waals surface area contributed by atoms with Crippen molar-refractivity contribution in [2.45, 2.75) is 31.5 Å². The Hall–Kier alpha value is -3.57. The van der Waals surface area contributed by atoms with Crippen LogP contribution in [0.3, 0.4) is 0 Å². The van der Waals surface area contributed by atoms with Crippen LogP contribution < -0.4 is 5.32 Å². The molecule has 0 saturated carbocycles. The van der Waals surface area contributed by atoms with Gasteiger partial charge in [0.05, 0.1) is 25.0 Å². The first-order chi connectivity index (χ1) is 16.4. The van der Waals surface area contributed by atoms with Gasteiger partial charge in [-0.2, -0.15) is 18.3 Å². The molecular weight excluding hydrogens is 471 g/mol. The Morgan fingerprint density at radius 2 is 1.89 bits per heavy atom. The topological polar surface area (TPSA) is 75.9 Å². The number of hydrogen-bond donors (Lipinski definition) is 1. The van der Waals surface area contributed by atoms with Gasteiger partial charge in [0.2, 0.25) is 0 Å². The molecule has 1 amide bonds. The number of carbonyl (C=O) groups is 1. The van der Waals surface area contributed by atoms with Gasteiger partial charge in [0.15, 0.2) is 11.4 Å². The van der Waals surface area contributed by atoms with Gasteiger partial charge in [-0.15, -0.1) is 0 Å². The quantitative estimate of drug-likeness (QED) is 0.529. The molecule has 3 aromatic rings. The fraction of sp³-hybridized carbons (Fsp3) is 0.391. The van der Waals surface area contributed by atoms with Crippen LogP contribution in [0.25, 0.3) is 11.1 Å². The van der Waals surface area contributed by atoms with Gasteiger partial charge >= 0.3 is 6.18 Å². The number of benzene rings is 1. The van der Waals surface area contributed by atoms with Crippen molar-refractivity contribution >= 4 is 11.7 Å². The summed E-state index contributed by atoms with van der Waals surface area (Å²) in [6.07, 6.45) is -1.90. The van der Waals surface area contributed by atoms with Crippen molar-refractivity contribution in [1.82, 2.24) is 24.6 Å². The number of halogens is 5. The summed E-state index contributed by atoms with van der Waals surface area (Å²) in [4.78, 5) is 21.7. The molecule has 1 fully saturated rings. The predicted octanol–water partition coefficient (Wildman–Crippen LogP) is 4.49. The Labute approximate surface area is 198 Å². The van der Waals surface area contributed by atoms with E-state index in [0.29, 0.717) is 11.8 Å². The number of likely N-dealkylation sites (tertiary alicyclic amines) is 1. The molecule has 35 heavy (non-hydrogen) atoms. The van der Waals surface area contributed by atoms with E-state index in [2.05, 4.69) is 20.4 Å². The number of anilines is 1. The van der Waals surface area contributed by atoms with E-state index in [0.717, 1.165) is 16.7 Å². The average molecular weight is 494 g/mol. The summed E-state index contributed by atoms with van der Waals surface area (Å²) in [6, 6.07) is 8.32. The van der Waals surface area contributed by atoms with Crippen molar-refractivity contribution in [3.63, 3.8) is 0 Å². The lowest BCUT2D eigenvalue weighted by molar-refractivity contribution is -0.141. The normalized spacial score (nSPS) is 20.0. The van der Waals surface area contributed by atoms with Crippen LogP contribution in [0.2, 0.25) is 0 Å². The van der Waals surface area contributed by atoms with Crippen LogP contribution in [0.15, 0.2) is 48.9 Å². The van der Waals surface area contributed by atoms with Crippen LogP contribution in [0, 0.1) is 5.92 Å². The van der Waals surface area contributed by atoms with Gasteiger partial charge in [0.1, 0.15) is 5.82 Å². The first kappa shape index (κ1) is 24.6. The van der Waals surface area contributed by atoms with E-state index in [1.807, 2.05) is 6.07 Å². The lowest BCUT2D eigenvalue weighted by Gasteiger charge is -2.43. The number of piperidine rings is 1. The fourth-order valence-electron chi connectivity index (χ4n) is 4.27. The average Bonchev–Trinajstić information content (AvgIpc) is 3.19. The number of aromatic nitrogens is 4. The van der Waals surface area contributed by atoms with Crippen LogP contribution in [0.4, 0.5) is 27.8 Å². The monoisotopic (exact) mass is 494 g/mol. The number of nitrogens with zero attached hydrogens (tertiary/aromatic N) is 5. The molecule has 0 radical (unpaired) electrons. The van der Waals surface area contributed by atoms with Gasteiger partial charge in [-0.05, 0) is 11.5 Å². The fourth-order valence-corrected chi connectivity index (χ4v) is 4.27. The van der Waals surface area contributed by atoms with Crippen LogP contribution in [-0.4, -0.2) is 55.6 Å². The van der Waals surface area contributed by atoms with E-state index < -0.39 is 48.6 Å². The second-order valence-electron chi connectivity index (χ2n) is 8.63. The highest BCUT2D eigenvalue weighted by atomic mass is 19.4. The molecule has 1 aliphatic rings. The first-order valence-electron chi connectivity index (χ1n) is 10.9. The van der Waals surface area contributed by atoms with Gasteiger partial charge in [0.25, 0.3) is 11.8 Å². The predicted molar refractivity (Wildman–Crippen MR) is 118 cm³/mol. The minimum absolute atomic E-state index is 0.00344. The smallest absolute Gasteiger partial charge is 0.367 e. The minimum atomic E-state index is -4.63. The van der Waals surface area contributed by atoms with Crippen LogP contribution in [0.1, 0.15) is 29.5 Å². The van der Waals surface area contributed by atoms with Crippen molar-refractivity contribution in [2.24, 2.45) is 13.0 Å². The van der Waals surface area contributed by atoms with E-state index >= 15 is 0 Å². The summed E-state index contributed by atoms with van der Waals surface area (Å²) in [5.41, 5.74) is 0.132. The van der Waals surface area contributed by atoms with Gasteiger partial charge in [-0.1, -0.05) is 37.3 Å². The Bertz CT molecular complexity index is 1180. The van der Waals surface area contributed by atoms with E-state index in [4.69, 9.17) is 0 Å². The molecule has 1 saturated heterocycles. The molecular formula is C23H23F5N6O. The van der Waals surface area contributed by atoms with Crippen molar-refractivity contribution in [1.29, 1.82) is 0 Å². The second-order valence-corrected chi connectivity index (χ2v) is 8.63. The van der Waals surface area contributed by atoms with Gasteiger partial charge < -0.3 is 10.2 Å². The van der Waals surface area contributed by atoms with Crippen molar-refractivity contribution in [3.8, 4) is 11.1 Å². The van der Waals surface area contributed by atoms with Gasteiger partial charge in [0, 0.05) is 31.8 Å². The molecule has 3 heterocycles. The summed E-state index contributed by atoms with van der Waals surface area (Å²) in [5.74, 6) is -4.32. The standard InChI is InChI=1S/C23H23F5N6O/c1-14-8-22(24,25)13-34(17(14)9-30-19-11-29-18(10-31-19)23(26,27)28)21(35)20-16(12-33(2)32-20)15-6-4-3-5-7-15/h3-7,10-12,14,17H,8-9,13H2,1-2H3,(H,30,31). The van der Waals surface area contributed by atoms with E-state index in [9.17, 15) is 26.7 Å². The number of nitrogens with one attached hydrogen (secondary N) is 1. The summed E-state index contributed by atoms with van der Waals surface area (Å²) in [6.45, 7) is 0.803. The van der Waals surface area contributed by atoms with Crippen molar-refractivity contribution in [2.75, 3.05) is 18.4 Å². The molecule has 7 nitrogen and oxygen atoms in total. The maximum Gasteiger partial charge on any atom is 0.434 e. The highest BCUT2D eigenvalue weighted by Crippen LogP contribution is 2.36. The highest BCUT2D eigenvalue weighted by molar-refractivity contribution is 5.99. The number of alkyl halides is 5. The molecule has 1 aromatic carbocycles. The molecule has 12 heteroatoms. The summed E-state index contributed by atoms with van der Waals surface area (Å²) >= 11 is 0. The van der Waals surface area contributed by atoms with Crippen LogP contribution in [0.5, 0.6) is 0 Å².